The van der Waals surface area contributed by atoms with Gasteiger partial charge in [0.2, 0.25) is 0 Å². The van der Waals surface area contributed by atoms with E-state index < -0.39 is 12.1 Å². The number of carbonyl (C=O) groups is 1. The van der Waals surface area contributed by atoms with Crippen LogP contribution in [0.5, 0.6) is 0 Å². The van der Waals surface area contributed by atoms with Gasteiger partial charge in [-0.2, -0.15) is 13.2 Å². The van der Waals surface area contributed by atoms with Crippen molar-refractivity contribution in [3.63, 3.8) is 0 Å². The molecule has 4 rings (SSSR count). The van der Waals surface area contributed by atoms with Gasteiger partial charge in [0.05, 0.1) is 16.6 Å². The average molecular weight is 465 g/mol. The van der Waals surface area contributed by atoms with Crippen molar-refractivity contribution in [1.82, 2.24) is 14.7 Å². The molecule has 0 radical (unpaired) electrons. The maximum atomic E-state index is 12.9. The molecule has 2 aromatic heterocycles. The molecule has 0 aliphatic carbocycles. The van der Waals surface area contributed by atoms with Crippen molar-refractivity contribution in [2.75, 3.05) is 18.0 Å². The van der Waals surface area contributed by atoms with E-state index >= 15 is 0 Å². The number of amides is 1. The normalized spacial score (nSPS) is 15.3. The Balaban J connectivity index is 1.40. The number of hydrogen-bond donors (Lipinski definition) is 1. The molecule has 9 heteroatoms. The van der Waals surface area contributed by atoms with Crippen molar-refractivity contribution in [3.8, 4) is 0 Å². The minimum atomic E-state index is -4.11. The minimum Gasteiger partial charge on any atom is -0.372 e. The number of piperidine rings is 1. The Morgan fingerprint density at radius 3 is 2.47 bits per heavy atom. The molecule has 1 fully saturated rings. The Labute approximate surface area is 189 Å². The molecule has 1 saturated heterocycles. The molecule has 0 saturated carbocycles. The van der Waals surface area contributed by atoms with Crippen molar-refractivity contribution in [1.29, 1.82) is 0 Å². The number of aryl methyl sites for hydroxylation is 1. The van der Waals surface area contributed by atoms with Gasteiger partial charge >= 0.3 is 6.18 Å². The molecular weight excluding hydrogens is 441 g/mol. The van der Waals surface area contributed by atoms with Gasteiger partial charge in [-0.1, -0.05) is 30.7 Å². The first-order chi connectivity index (χ1) is 15.3. The van der Waals surface area contributed by atoms with Crippen molar-refractivity contribution in [3.05, 3.63) is 64.6 Å². The fraction of sp³-hybridized carbons (Fsp3) is 0.391. The summed E-state index contributed by atoms with van der Waals surface area (Å²) in [6, 6.07) is 11.1. The van der Waals surface area contributed by atoms with Gasteiger partial charge in [0.25, 0.3) is 5.91 Å². The van der Waals surface area contributed by atoms with E-state index in [2.05, 4.69) is 10.3 Å². The molecule has 1 aliphatic heterocycles. The molecule has 0 unspecified atom stereocenters. The number of anilines is 1. The first-order valence-electron chi connectivity index (χ1n) is 10.6. The summed E-state index contributed by atoms with van der Waals surface area (Å²) in [5.74, 6) is -1.45. The predicted octanol–water partition coefficient (Wildman–Crippen LogP) is 5.26. The van der Waals surface area contributed by atoms with Gasteiger partial charge in [-0.15, -0.1) is 0 Å². The second kappa shape index (κ2) is 9.02. The van der Waals surface area contributed by atoms with Crippen LogP contribution >= 0.6 is 11.6 Å². The molecule has 1 aromatic carbocycles. The molecule has 3 aromatic rings. The number of fused-ring (bicyclic) bond motifs is 1. The number of hydrogen-bond acceptors (Lipinski definition) is 3. The minimum absolute atomic E-state index is 0.115. The number of nitrogens with zero attached hydrogens (tertiary/aromatic N) is 3. The van der Waals surface area contributed by atoms with Crippen LogP contribution in [0.4, 0.5) is 18.9 Å². The van der Waals surface area contributed by atoms with Crippen LogP contribution in [0.2, 0.25) is 5.02 Å². The molecule has 1 N–H and O–H groups in total. The number of rotatable bonds is 5. The summed E-state index contributed by atoms with van der Waals surface area (Å²) in [5.41, 5.74) is 3.62. The van der Waals surface area contributed by atoms with Crippen LogP contribution in [-0.4, -0.2) is 34.6 Å². The Hall–Kier alpha value is -2.74. The van der Waals surface area contributed by atoms with Gasteiger partial charge in [0.1, 0.15) is 11.3 Å². The lowest BCUT2D eigenvalue weighted by Gasteiger charge is -2.34. The van der Waals surface area contributed by atoms with Crippen LogP contribution in [-0.2, 0) is 13.0 Å². The lowest BCUT2D eigenvalue weighted by atomic mass is 9.96. The summed E-state index contributed by atoms with van der Waals surface area (Å²) in [5, 5.41) is 3.44. The van der Waals surface area contributed by atoms with E-state index in [1.807, 2.05) is 36.1 Å². The molecule has 0 atom stereocenters. The molecule has 0 spiro atoms. The molecule has 3 heterocycles. The summed E-state index contributed by atoms with van der Waals surface area (Å²) >= 11 is 6.09. The van der Waals surface area contributed by atoms with Crippen molar-refractivity contribution in [2.24, 2.45) is 5.92 Å². The number of halogens is 4. The van der Waals surface area contributed by atoms with Crippen LogP contribution in [0.25, 0.3) is 5.65 Å². The highest BCUT2D eigenvalue weighted by molar-refractivity contribution is 6.30. The maximum absolute atomic E-state index is 12.9. The third-order valence-corrected chi connectivity index (χ3v) is 6.14. The first kappa shape index (κ1) is 22.5. The molecule has 32 heavy (non-hydrogen) atoms. The molecule has 170 valence electrons. The zero-order chi connectivity index (χ0) is 22.9. The fourth-order valence-electron chi connectivity index (χ4n) is 4.11. The monoisotopic (exact) mass is 464 g/mol. The third kappa shape index (κ3) is 4.70. The van der Waals surface area contributed by atoms with E-state index in [1.54, 1.807) is 22.7 Å². The molecule has 1 aliphatic rings. The topological polar surface area (TPSA) is 49.6 Å². The SMILES string of the molecule is CCc1nc2ccc(Cl)cn2c1C(=O)NCc1ccc(N2CCC(C(F)(F)F)CC2)cc1. The number of aromatic nitrogens is 2. The van der Waals surface area contributed by atoms with Gasteiger partial charge in [0.15, 0.2) is 0 Å². The zero-order valence-electron chi connectivity index (χ0n) is 17.6. The highest BCUT2D eigenvalue weighted by Gasteiger charge is 2.41. The van der Waals surface area contributed by atoms with E-state index in [0.717, 1.165) is 11.3 Å². The van der Waals surface area contributed by atoms with Gasteiger partial charge in [-0.05, 0) is 49.1 Å². The van der Waals surface area contributed by atoms with E-state index in [-0.39, 0.29) is 18.7 Å². The Kier molecular flexibility index (Phi) is 6.33. The smallest absolute Gasteiger partial charge is 0.372 e. The van der Waals surface area contributed by atoms with Gasteiger partial charge in [0, 0.05) is 31.5 Å². The number of alkyl halides is 3. The summed E-state index contributed by atoms with van der Waals surface area (Å²) in [6.45, 7) is 3.04. The highest BCUT2D eigenvalue weighted by Crippen LogP contribution is 2.35. The third-order valence-electron chi connectivity index (χ3n) is 5.92. The number of imidazole rings is 1. The summed E-state index contributed by atoms with van der Waals surface area (Å²) in [7, 11) is 0. The standard InChI is InChI=1S/C23H24ClF3N4O/c1-2-19-21(31-14-17(24)5-8-20(31)29-19)22(32)28-13-15-3-6-18(7-4-15)30-11-9-16(10-12-30)23(25,26)27/h3-8,14,16H,2,9-13H2,1H3,(H,28,32). The van der Waals surface area contributed by atoms with E-state index in [4.69, 9.17) is 11.6 Å². The van der Waals surface area contributed by atoms with Gasteiger partial charge < -0.3 is 10.2 Å². The number of benzene rings is 1. The Bertz CT molecular complexity index is 1100. The predicted molar refractivity (Wildman–Crippen MR) is 118 cm³/mol. The quantitative estimate of drug-likeness (QED) is 0.560. The Morgan fingerprint density at radius 1 is 1.16 bits per heavy atom. The van der Waals surface area contributed by atoms with E-state index in [1.165, 1.54) is 0 Å². The fourth-order valence-corrected chi connectivity index (χ4v) is 4.27. The summed E-state index contributed by atoms with van der Waals surface area (Å²) < 4.78 is 40.3. The molecule has 1 amide bonds. The summed E-state index contributed by atoms with van der Waals surface area (Å²) in [6.07, 6.45) is -1.59. The van der Waals surface area contributed by atoms with Crippen LogP contribution in [0.15, 0.2) is 42.6 Å². The molecule has 0 bridgehead atoms. The van der Waals surface area contributed by atoms with Crippen LogP contribution in [0.1, 0.15) is 41.5 Å². The number of nitrogens with one attached hydrogen (secondary N) is 1. The van der Waals surface area contributed by atoms with E-state index in [0.29, 0.717) is 48.1 Å². The maximum Gasteiger partial charge on any atom is 0.391 e. The first-order valence-corrected chi connectivity index (χ1v) is 11.0. The Morgan fingerprint density at radius 2 is 1.84 bits per heavy atom. The van der Waals surface area contributed by atoms with Crippen LogP contribution < -0.4 is 10.2 Å². The second-order valence-corrected chi connectivity index (χ2v) is 8.42. The second-order valence-electron chi connectivity index (χ2n) is 7.99. The lowest BCUT2D eigenvalue weighted by molar-refractivity contribution is -0.179. The number of carbonyl (C=O) groups excluding carboxylic acids is 1. The van der Waals surface area contributed by atoms with Gasteiger partial charge in [-0.3, -0.25) is 9.20 Å². The van der Waals surface area contributed by atoms with Crippen LogP contribution in [0, 0.1) is 5.92 Å². The van der Waals surface area contributed by atoms with Gasteiger partial charge in [-0.25, -0.2) is 4.98 Å². The van der Waals surface area contributed by atoms with Crippen LogP contribution in [0.3, 0.4) is 0 Å². The molecule has 5 nitrogen and oxygen atoms in total. The lowest BCUT2D eigenvalue weighted by Crippen LogP contribution is -2.39. The zero-order valence-corrected chi connectivity index (χ0v) is 18.4. The highest BCUT2D eigenvalue weighted by atomic mass is 35.5. The van der Waals surface area contributed by atoms with E-state index in [9.17, 15) is 18.0 Å². The number of pyridine rings is 1. The average Bonchev–Trinajstić information content (AvgIpc) is 3.15. The summed E-state index contributed by atoms with van der Waals surface area (Å²) in [4.78, 5) is 19.4. The van der Waals surface area contributed by atoms with Crippen molar-refractivity contribution in [2.45, 2.75) is 38.9 Å². The molecular formula is C23H24ClF3N4O. The van der Waals surface area contributed by atoms with Crippen molar-refractivity contribution < 1.29 is 18.0 Å². The van der Waals surface area contributed by atoms with Crippen molar-refractivity contribution >= 4 is 28.8 Å². The largest absolute Gasteiger partial charge is 0.391 e.